The molecule has 0 aromatic rings. The fourth-order valence-corrected chi connectivity index (χ4v) is 0. The molecule has 0 rings (SSSR count). The van der Waals surface area contributed by atoms with Crippen LogP contribution in [0.2, 0.25) is 0 Å². The predicted molar refractivity (Wildman–Crippen MR) is 8.29 cm³/mol. The Bertz CT molecular complexity index is 58.6. The molecule has 0 amide bonds. The van der Waals surface area contributed by atoms with Crippen molar-refractivity contribution in [1.29, 1.82) is 0 Å². The van der Waals surface area contributed by atoms with E-state index in [-0.39, 0.29) is 42.9 Å². The van der Waals surface area contributed by atoms with E-state index in [1.54, 1.807) is 0 Å². The first-order chi connectivity index (χ1) is 2.00. The molecular weight excluding hydrogens is 169 g/mol. The van der Waals surface area contributed by atoms with Gasteiger partial charge < -0.3 is 24.7 Å². The number of hydrogen-bond donors (Lipinski definition) is 0. The topological polar surface area (TPSA) is 115 Å². The third-order valence-electron chi connectivity index (χ3n) is 0. The van der Waals surface area contributed by atoms with Crippen LogP contribution in [0.5, 0.6) is 0 Å². The molecule has 0 unspecified atom stereocenters. The third kappa shape index (κ3) is 181. The van der Waals surface area contributed by atoms with Gasteiger partial charge in [0, 0.05) is 18.6 Å². The van der Waals surface area contributed by atoms with Crippen LogP contribution in [0.15, 0.2) is 0 Å². The summed E-state index contributed by atoms with van der Waals surface area (Å²) in [5.41, 5.74) is 0. The van der Waals surface area contributed by atoms with Gasteiger partial charge in [0.05, 0.1) is 0 Å². The Balaban J connectivity index is -0.0000000267. The normalized spacial score (nSPS) is 7.38. The maximum absolute atomic E-state index is 8.55. The fraction of sp³-hybridized carbons (Fsp3) is 0. The van der Waals surface area contributed by atoms with Crippen LogP contribution in [0.25, 0.3) is 0 Å². The minimum Gasteiger partial charge on any atom is -2.00 e. The second-order valence-corrected chi connectivity index (χ2v) is 1.34. The summed E-state index contributed by atoms with van der Waals surface area (Å²) in [5.74, 6) is 0. The summed E-state index contributed by atoms with van der Waals surface area (Å²) in [7, 11) is -5.39. The van der Waals surface area contributed by atoms with Crippen molar-refractivity contribution in [1.82, 2.24) is 0 Å². The van der Waals surface area contributed by atoms with Gasteiger partial charge in [-0.3, -0.25) is 0 Å². The standard InChI is InChI=1S/Li.H3O4P.O.V/c;1-5(2,3)4;;/h;(H3,1,2,3,4);;/q+1;;-2;/p-3. The Morgan fingerprint density at radius 1 is 1.12 bits per heavy atom. The van der Waals surface area contributed by atoms with Crippen LogP contribution in [0.1, 0.15) is 0 Å². The minimum atomic E-state index is -5.39. The predicted octanol–water partition coefficient (Wildman–Crippen LogP) is -5.94. The zero-order valence-corrected chi connectivity index (χ0v) is 6.23. The Morgan fingerprint density at radius 2 is 1.12 bits per heavy atom. The molecule has 0 atom stereocenters. The molecule has 8 heteroatoms. The van der Waals surface area contributed by atoms with Crippen LogP contribution in [0, 0.1) is 0 Å². The first-order valence-corrected chi connectivity index (χ1v) is 2.19. The number of phosphoric acid groups is 1. The van der Waals surface area contributed by atoms with Gasteiger partial charge >= 0.3 is 18.9 Å². The molecule has 5 nitrogen and oxygen atoms in total. The molecule has 0 aliphatic heterocycles. The van der Waals surface area contributed by atoms with E-state index < -0.39 is 7.82 Å². The van der Waals surface area contributed by atoms with E-state index in [0.717, 1.165) is 0 Å². The molecule has 8 heavy (non-hydrogen) atoms. The van der Waals surface area contributed by atoms with Gasteiger partial charge in [-0.1, -0.05) is 0 Å². The van der Waals surface area contributed by atoms with Gasteiger partial charge in [0.25, 0.3) is 0 Å². The average molecular weight is 169 g/mol. The molecule has 0 spiro atoms. The summed E-state index contributed by atoms with van der Waals surface area (Å²) >= 11 is 0. The molecule has 0 aliphatic carbocycles. The third-order valence-corrected chi connectivity index (χ3v) is 0. The molecule has 45 valence electrons. The van der Waals surface area contributed by atoms with E-state index in [1.165, 1.54) is 0 Å². The molecule has 1 radical (unpaired) electrons. The van der Waals surface area contributed by atoms with E-state index >= 15 is 0 Å². The first-order valence-electron chi connectivity index (χ1n) is 0.730. The average Bonchev–Trinajstić information content (AvgIpc) is 0.722. The molecule has 0 aromatic heterocycles. The molecule has 0 saturated heterocycles. The van der Waals surface area contributed by atoms with Gasteiger partial charge in [-0.05, 0) is 0 Å². The fourth-order valence-electron chi connectivity index (χ4n) is 0. The Kier molecular flexibility index (Phi) is 23.6. The largest absolute Gasteiger partial charge is 2.00 e. The number of hydrogen-bond acceptors (Lipinski definition) is 4. The van der Waals surface area contributed by atoms with Crippen molar-refractivity contribution in [3.8, 4) is 0 Å². The summed E-state index contributed by atoms with van der Waals surface area (Å²) < 4.78 is 8.55. The molecular formula is LiO5PV-4. The molecule has 0 aliphatic rings. The van der Waals surface area contributed by atoms with Crippen molar-refractivity contribution >= 4 is 7.82 Å². The Labute approximate surface area is 70.1 Å². The smallest absolute Gasteiger partial charge is 1.00 e. The second-order valence-electron chi connectivity index (χ2n) is 0.447. The van der Waals surface area contributed by atoms with Gasteiger partial charge in [0.1, 0.15) is 0 Å². The van der Waals surface area contributed by atoms with E-state index in [9.17, 15) is 0 Å². The maximum atomic E-state index is 8.55. The minimum absolute atomic E-state index is 0. The molecule has 0 bridgehead atoms. The van der Waals surface area contributed by atoms with Crippen molar-refractivity contribution in [3.05, 3.63) is 0 Å². The summed E-state index contributed by atoms with van der Waals surface area (Å²) in [6.07, 6.45) is 0. The van der Waals surface area contributed by atoms with Crippen LogP contribution in [0.4, 0.5) is 0 Å². The maximum Gasteiger partial charge on any atom is 1.00 e. The van der Waals surface area contributed by atoms with Gasteiger partial charge in [-0.25, -0.2) is 0 Å². The van der Waals surface area contributed by atoms with Crippen LogP contribution in [-0.4, -0.2) is 0 Å². The van der Waals surface area contributed by atoms with Gasteiger partial charge in [-0.2, -0.15) is 7.82 Å². The summed E-state index contributed by atoms with van der Waals surface area (Å²) in [6.45, 7) is 0. The van der Waals surface area contributed by atoms with Crippen molar-refractivity contribution in [2.75, 3.05) is 0 Å². The summed E-state index contributed by atoms with van der Waals surface area (Å²) in [4.78, 5) is 25.6. The monoisotopic (exact) mass is 169 g/mol. The molecule has 0 N–H and O–H groups in total. The van der Waals surface area contributed by atoms with Crippen molar-refractivity contribution in [2.45, 2.75) is 0 Å². The summed E-state index contributed by atoms with van der Waals surface area (Å²) in [5, 5.41) is 0. The Hall–Kier alpha value is 1.25. The van der Waals surface area contributed by atoms with Crippen LogP contribution in [-0.2, 0) is 28.6 Å². The summed E-state index contributed by atoms with van der Waals surface area (Å²) in [6, 6.07) is 0. The van der Waals surface area contributed by atoms with Crippen molar-refractivity contribution < 1.29 is 62.1 Å². The van der Waals surface area contributed by atoms with Gasteiger partial charge in [0.15, 0.2) is 0 Å². The van der Waals surface area contributed by atoms with E-state index in [1.807, 2.05) is 0 Å². The van der Waals surface area contributed by atoms with E-state index in [2.05, 4.69) is 0 Å². The van der Waals surface area contributed by atoms with Crippen LogP contribution >= 0.6 is 7.82 Å². The van der Waals surface area contributed by atoms with E-state index in [0.29, 0.717) is 0 Å². The zero-order valence-electron chi connectivity index (χ0n) is 3.94. The second kappa shape index (κ2) is 8.25. The SMILES string of the molecule is O=P([O-])([O-])[O-].[Li+].[O-2].[V]. The molecule has 0 heterocycles. The Morgan fingerprint density at radius 3 is 1.12 bits per heavy atom. The van der Waals surface area contributed by atoms with Gasteiger partial charge in [-0.15, -0.1) is 0 Å². The first kappa shape index (κ1) is 22.8. The number of rotatable bonds is 0. The quantitative estimate of drug-likeness (QED) is 0.265. The molecule has 0 saturated carbocycles. The van der Waals surface area contributed by atoms with Crippen LogP contribution in [0.3, 0.4) is 0 Å². The van der Waals surface area contributed by atoms with Crippen molar-refractivity contribution in [3.63, 3.8) is 0 Å². The van der Waals surface area contributed by atoms with Gasteiger partial charge in [0.2, 0.25) is 0 Å². The zero-order chi connectivity index (χ0) is 4.50. The molecule has 0 aromatic carbocycles. The van der Waals surface area contributed by atoms with E-state index in [4.69, 9.17) is 19.2 Å². The van der Waals surface area contributed by atoms with Crippen LogP contribution < -0.4 is 33.5 Å². The van der Waals surface area contributed by atoms with Crippen molar-refractivity contribution in [2.24, 2.45) is 0 Å². The molecule has 0 fully saturated rings.